The molecule has 0 aliphatic carbocycles. The van der Waals surface area contributed by atoms with Gasteiger partial charge in [0.2, 0.25) is 17.7 Å². The largest absolute Gasteiger partial charge is 0.455 e. The zero-order chi connectivity index (χ0) is 37.9. The SMILES string of the molecule is C=CCCC(=O)N[C@@H](C)[C@H](OC(=O)[C@@H]1[C@@H]2CC[C@]3(O2)[C@H](C(=O)N(CC=C)Cn2nnc4ccccc42)N([C@@H](CO)[C@@H](C)CC)C(=O)[C@@H]13)c1ccccc1. The van der Waals surface area contributed by atoms with Gasteiger partial charge in [-0.25, -0.2) is 4.68 Å². The molecule has 2 N–H and O–H groups in total. The van der Waals surface area contributed by atoms with Gasteiger partial charge in [-0.05, 0) is 49.8 Å². The van der Waals surface area contributed by atoms with Crippen LogP contribution >= 0.6 is 0 Å². The second-order valence-corrected chi connectivity index (χ2v) is 14.5. The predicted octanol–water partition coefficient (Wildman–Crippen LogP) is 3.94. The Kier molecular flexibility index (Phi) is 11.4. The first-order valence-corrected chi connectivity index (χ1v) is 18.5. The molecule has 0 saturated carbocycles. The lowest BCUT2D eigenvalue weighted by Gasteiger charge is -2.40. The number of nitrogens with one attached hydrogen (secondary N) is 1. The number of aliphatic hydroxyl groups is 1. The van der Waals surface area contributed by atoms with Crippen molar-refractivity contribution in [2.24, 2.45) is 17.8 Å². The molecule has 9 atom stereocenters. The molecule has 13 heteroatoms. The Morgan fingerprint density at radius 1 is 1.13 bits per heavy atom. The highest BCUT2D eigenvalue weighted by Crippen LogP contribution is 2.59. The lowest BCUT2D eigenvalue weighted by atomic mass is 9.70. The van der Waals surface area contributed by atoms with Crippen molar-refractivity contribution in [3.63, 3.8) is 0 Å². The van der Waals surface area contributed by atoms with Crippen molar-refractivity contribution < 1.29 is 33.8 Å². The van der Waals surface area contributed by atoms with E-state index < -0.39 is 65.6 Å². The molecule has 3 fully saturated rings. The molecule has 3 saturated heterocycles. The van der Waals surface area contributed by atoms with E-state index in [4.69, 9.17) is 9.47 Å². The number of carbonyl (C=O) groups is 4. The van der Waals surface area contributed by atoms with Crippen LogP contribution in [0.3, 0.4) is 0 Å². The number of amides is 3. The van der Waals surface area contributed by atoms with Crippen LogP contribution in [0.2, 0.25) is 0 Å². The zero-order valence-corrected chi connectivity index (χ0v) is 30.7. The van der Waals surface area contributed by atoms with Gasteiger partial charge < -0.3 is 29.7 Å². The molecule has 13 nitrogen and oxygen atoms in total. The number of aromatic nitrogens is 3. The van der Waals surface area contributed by atoms with Gasteiger partial charge in [-0.2, -0.15) is 0 Å². The van der Waals surface area contributed by atoms with E-state index in [0.29, 0.717) is 36.8 Å². The van der Waals surface area contributed by atoms with Crippen molar-refractivity contribution >= 4 is 34.7 Å². The van der Waals surface area contributed by atoms with E-state index >= 15 is 4.79 Å². The number of hydrogen-bond donors (Lipinski definition) is 2. The minimum absolute atomic E-state index is 0.0296. The Bertz CT molecular complexity index is 1830. The molecule has 4 heterocycles. The number of nitrogens with zero attached hydrogens (tertiary/aromatic N) is 5. The van der Waals surface area contributed by atoms with Crippen molar-refractivity contribution in [3.05, 3.63) is 85.5 Å². The van der Waals surface area contributed by atoms with Crippen LogP contribution in [0, 0.1) is 17.8 Å². The molecule has 3 amide bonds. The Morgan fingerprint density at radius 2 is 1.87 bits per heavy atom. The lowest BCUT2D eigenvalue weighted by molar-refractivity contribution is -0.163. The third-order valence-corrected chi connectivity index (χ3v) is 11.3. The predicted molar refractivity (Wildman–Crippen MR) is 197 cm³/mol. The van der Waals surface area contributed by atoms with Gasteiger partial charge >= 0.3 is 5.97 Å². The molecule has 2 aromatic carbocycles. The van der Waals surface area contributed by atoms with E-state index in [2.05, 4.69) is 28.8 Å². The second-order valence-electron chi connectivity index (χ2n) is 14.5. The highest BCUT2D eigenvalue weighted by Gasteiger charge is 2.76. The van der Waals surface area contributed by atoms with Gasteiger partial charge in [-0.1, -0.05) is 80.1 Å². The van der Waals surface area contributed by atoms with Crippen LogP contribution in [-0.2, 0) is 35.3 Å². The Morgan fingerprint density at radius 3 is 2.57 bits per heavy atom. The standard InChI is InChI=1S/C40H50N6O7/c1-6-9-19-32(48)41-26(5)35(27-15-11-10-12-16-27)52-39(51)33-31-20-21-40(53-31)34(33)37(49)46(30(23-47)25(4)8-3)36(40)38(50)44(22-7-2)24-45-29-18-14-13-17-28(29)42-43-45/h6-7,10-18,25-26,30-31,33-36,47H,1-2,8-9,19-24H2,3-5H3,(H,41,48)/t25-,26-,30-,31-,33+,34+,35-,36-,40+/m0/s1. The molecule has 2 bridgehead atoms. The first-order valence-electron chi connectivity index (χ1n) is 18.5. The number of fused-ring (bicyclic) bond motifs is 2. The zero-order valence-electron chi connectivity index (χ0n) is 30.7. The summed E-state index contributed by atoms with van der Waals surface area (Å²) in [5, 5.41) is 22.3. The molecule has 1 aromatic heterocycles. The monoisotopic (exact) mass is 726 g/mol. The molecule has 3 aromatic rings. The summed E-state index contributed by atoms with van der Waals surface area (Å²) < 4.78 is 14.6. The average Bonchev–Trinajstić information content (AvgIpc) is 3.92. The molecule has 0 radical (unpaired) electrons. The van der Waals surface area contributed by atoms with Crippen molar-refractivity contribution in [1.82, 2.24) is 30.1 Å². The fraction of sp³-hybridized carbons (Fsp3) is 0.500. The van der Waals surface area contributed by atoms with Gasteiger partial charge in [0.1, 0.15) is 29.9 Å². The second kappa shape index (κ2) is 16.0. The summed E-state index contributed by atoms with van der Waals surface area (Å²) in [7, 11) is 0. The third kappa shape index (κ3) is 6.99. The first kappa shape index (κ1) is 37.9. The summed E-state index contributed by atoms with van der Waals surface area (Å²) in [6.07, 6.45) is 3.95. The minimum Gasteiger partial charge on any atom is -0.455 e. The Labute approximate surface area is 310 Å². The van der Waals surface area contributed by atoms with E-state index in [1.807, 2.05) is 68.4 Å². The Balaban J connectivity index is 1.35. The number of rotatable bonds is 17. The summed E-state index contributed by atoms with van der Waals surface area (Å²) in [6.45, 7) is 13.0. The van der Waals surface area contributed by atoms with Crippen LogP contribution in [0.1, 0.15) is 64.5 Å². The number of aliphatic hydroxyl groups excluding tert-OH is 1. The van der Waals surface area contributed by atoms with Crippen LogP contribution in [-0.4, -0.2) is 96.6 Å². The quantitative estimate of drug-likeness (QED) is 0.155. The molecular weight excluding hydrogens is 676 g/mol. The lowest BCUT2D eigenvalue weighted by Crippen LogP contribution is -2.60. The van der Waals surface area contributed by atoms with Crippen LogP contribution < -0.4 is 5.32 Å². The maximum absolute atomic E-state index is 15.0. The smallest absolute Gasteiger partial charge is 0.313 e. The summed E-state index contributed by atoms with van der Waals surface area (Å²) in [6, 6.07) is 14.1. The van der Waals surface area contributed by atoms with E-state index in [-0.39, 0.29) is 38.1 Å². The summed E-state index contributed by atoms with van der Waals surface area (Å²) in [4.78, 5) is 60.1. The normalized spacial score (nSPS) is 25.4. The van der Waals surface area contributed by atoms with Crippen LogP contribution in [0.4, 0.5) is 0 Å². The van der Waals surface area contributed by atoms with Gasteiger partial charge in [0.05, 0.1) is 42.1 Å². The number of ether oxygens (including phenoxy) is 2. The summed E-state index contributed by atoms with van der Waals surface area (Å²) in [5.41, 5.74) is 0.754. The number of benzene rings is 2. The molecule has 0 unspecified atom stereocenters. The number of allylic oxidation sites excluding steroid dienone is 1. The maximum atomic E-state index is 15.0. The van der Waals surface area contributed by atoms with E-state index in [1.54, 1.807) is 28.7 Å². The maximum Gasteiger partial charge on any atom is 0.313 e. The fourth-order valence-electron chi connectivity index (χ4n) is 8.48. The van der Waals surface area contributed by atoms with Gasteiger partial charge in [0.25, 0.3) is 0 Å². The number of carbonyl (C=O) groups excluding carboxylic acids is 4. The van der Waals surface area contributed by atoms with Gasteiger partial charge in [0.15, 0.2) is 0 Å². The number of para-hydroxylation sites is 1. The summed E-state index contributed by atoms with van der Waals surface area (Å²) in [5.74, 6) is -3.85. The Hall–Kier alpha value is -4.88. The molecule has 1 spiro atoms. The highest BCUT2D eigenvalue weighted by atomic mass is 16.6. The number of esters is 1. The summed E-state index contributed by atoms with van der Waals surface area (Å²) >= 11 is 0. The minimum atomic E-state index is -1.33. The van der Waals surface area contributed by atoms with Crippen LogP contribution in [0.15, 0.2) is 79.9 Å². The van der Waals surface area contributed by atoms with Gasteiger partial charge in [0, 0.05) is 13.0 Å². The highest BCUT2D eigenvalue weighted by molar-refractivity contribution is 5.98. The molecule has 282 valence electrons. The molecule has 3 aliphatic heterocycles. The first-order chi connectivity index (χ1) is 25.6. The van der Waals surface area contributed by atoms with Gasteiger partial charge in [-0.3, -0.25) is 19.2 Å². The number of hydrogen-bond acceptors (Lipinski definition) is 9. The topological polar surface area (TPSA) is 156 Å². The van der Waals surface area contributed by atoms with E-state index in [1.165, 1.54) is 4.90 Å². The van der Waals surface area contributed by atoms with Crippen molar-refractivity contribution in [1.29, 1.82) is 0 Å². The van der Waals surface area contributed by atoms with Crippen LogP contribution in [0.5, 0.6) is 0 Å². The average molecular weight is 727 g/mol. The number of likely N-dealkylation sites (tertiary alicyclic amines) is 1. The van der Waals surface area contributed by atoms with Crippen LogP contribution in [0.25, 0.3) is 11.0 Å². The fourth-order valence-corrected chi connectivity index (χ4v) is 8.48. The van der Waals surface area contributed by atoms with Gasteiger partial charge in [-0.15, -0.1) is 18.3 Å². The van der Waals surface area contributed by atoms with Crippen molar-refractivity contribution in [3.8, 4) is 0 Å². The van der Waals surface area contributed by atoms with Crippen molar-refractivity contribution in [2.75, 3.05) is 13.2 Å². The molecule has 53 heavy (non-hydrogen) atoms. The molecular formula is C40H50N6O7. The molecule has 6 rings (SSSR count). The van der Waals surface area contributed by atoms with Crippen molar-refractivity contribution in [2.45, 2.75) is 95.5 Å². The third-order valence-electron chi connectivity index (χ3n) is 11.3. The molecule has 3 aliphatic rings. The van der Waals surface area contributed by atoms with E-state index in [9.17, 15) is 19.5 Å². The van der Waals surface area contributed by atoms with E-state index in [0.717, 1.165) is 5.52 Å².